The van der Waals surface area contributed by atoms with E-state index in [2.05, 4.69) is 15.1 Å². The van der Waals surface area contributed by atoms with E-state index in [0.717, 1.165) is 17.3 Å². The van der Waals surface area contributed by atoms with Crippen LogP contribution < -0.4 is 0 Å². The van der Waals surface area contributed by atoms with E-state index in [0.29, 0.717) is 5.69 Å². The Hall–Kier alpha value is -2.87. The SMILES string of the molecule is Cc1c(C(C)(C)C)nn(C)c1-c1nc2c(C(F)(F)F)cc(-c3ccccc3F)cc2[nH]1.Cl. The smallest absolute Gasteiger partial charge is 0.337 e. The number of aryl methyl sites for hydroxylation is 1. The number of H-pyrrole nitrogens is 1. The molecule has 0 fully saturated rings. The zero-order valence-electron chi connectivity index (χ0n) is 18.2. The van der Waals surface area contributed by atoms with Gasteiger partial charge in [0.15, 0.2) is 5.82 Å². The summed E-state index contributed by atoms with van der Waals surface area (Å²) in [7, 11) is 1.74. The van der Waals surface area contributed by atoms with Crippen molar-refractivity contribution in [2.45, 2.75) is 39.3 Å². The number of nitrogens with one attached hydrogen (secondary N) is 1. The molecule has 0 saturated heterocycles. The normalized spacial score (nSPS) is 12.3. The zero-order valence-corrected chi connectivity index (χ0v) is 19.0. The molecule has 4 rings (SSSR count). The summed E-state index contributed by atoms with van der Waals surface area (Å²) in [4.78, 5) is 7.30. The summed E-state index contributed by atoms with van der Waals surface area (Å²) in [5, 5.41) is 4.56. The molecule has 0 unspecified atom stereocenters. The quantitative estimate of drug-likeness (QED) is 0.329. The van der Waals surface area contributed by atoms with Crippen LogP contribution in [0.3, 0.4) is 0 Å². The minimum atomic E-state index is -4.65. The van der Waals surface area contributed by atoms with Crippen LogP contribution in [-0.2, 0) is 18.6 Å². The average molecular weight is 467 g/mol. The van der Waals surface area contributed by atoms with Gasteiger partial charge in [-0.3, -0.25) is 4.68 Å². The van der Waals surface area contributed by atoms with Crippen molar-refractivity contribution in [2.24, 2.45) is 7.05 Å². The number of aromatic amines is 1. The molecule has 0 atom stereocenters. The van der Waals surface area contributed by atoms with Gasteiger partial charge in [0.05, 0.1) is 16.8 Å². The van der Waals surface area contributed by atoms with Crippen LogP contribution in [0.4, 0.5) is 17.6 Å². The van der Waals surface area contributed by atoms with Gasteiger partial charge in [0.1, 0.15) is 17.0 Å². The van der Waals surface area contributed by atoms with Gasteiger partial charge in [-0.1, -0.05) is 39.0 Å². The molecular formula is C23H23ClF4N4. The lowest BCUT2D eigenvalue weighted by atomic mass is 9.89. The van der Waals surface area contributed by atoms with Crippen LogP contribution in [0.2, 0.25) is 0 Å². The summed E-state index contributed by atoms with van der Waals surface area (Å²) in [6, 6.07) is 8.19. The Morgan fingerprint density at radius 2 is 1.69 bits per heavy atom. The first kappa shape index (κ1) is 23.8. The van der Waals surface area contributed by atoms with E-state index in [4.69, 9.17) is 0 Å². The predicted molar refractivity (Wildman–Crippen MR) is 119 cm³/mol. The molecule has 0 saturated carbocycles. The van der Waals surface area contributed by atoms with Gasteiger partial charge in [-0.25, -0.2) is 9.37 Å². The van der Waals surface area contributed by atoms with Crippen LogP contribution in [-0.4, -0.2) is 19.7 Å². The minimum Gasteiger partial charge on any atom is -0.337 e. The Bertz CT molecular complexity index is 1300. The Morgan fingerprint density at radius 3 is 2.25 bits per heavy atom. The van der Waals surface area contributed by atoms with Gasteiger partial charge in [-0.15, -0.1) is 12.4 Å². The van der Waals surface area contributed by atoms with Crippen LogP contribution in [0.5, 0.6) is 0 Å². The molecule has 9 heteroatoms. The van der Waals surface area contributed by atoms with Crippen LogP contribution in [0, 0.1) is 12.7 Å². The molecule has 4 nitrogen and oxygen atoms in total. The van der Waals surface area contributed by atoms with Crippen molar-refractivity contribution in [3.05, 3.63) is 59.0 Å². The van der Waals surface area contributed by atoms with E-state index in [1.54, 1.807) is 17.8 Å². The minimum absolute atomic E-state index is 0. The number of hydrogen-bond donors (Lipinski definition) is 1. The predicted octanol–water partition coefficient (Wildman–Crippen LogP) is 6.82. The summed E-state index contributed by atoms with van der Waals surface area (Å²) < 4.78 is 57.5. The highest BCUT2D eigenvalue weighted by Crippen LogP contribution is 2.39. The largest absolute Gasteiger partial charge is 0.418 e. The van der Waals surface area contributed by atoms with E-state index in [9.17, 15) is 17.6 Å². The fraction of sp³-hybridized carbons (Fsp3) is 0.304. The van der Waals surface area contributed by atoms with Crippen molar-refractivity contribution in [2.75, 3.05) is 0 Å². The van der Waals surface area contributed by atoms with Crippen molar-refractivity contribution in [3.8, 4) is 22.6 Å². The maximum atomic E-state index is 14.3. The fourth-order valence-corrected chi connectivity index (χ4v) is 3.97. The van der Waals surface area contributed by atoms with Crippen molar-refractivity contribution in [1.29, 1.82) is 0 Å². The maximum Gasteiger partial charge on any atom is 0.418 e. The summed E-state index contributed by atoms with van der Waals surface area (Å²) in [5.74, 6) is -0.304. The third-order valence-electron chi connectivity index (χ3n) is 5.30. The molecule has 0 amide bonds. The first-order chi connectivity index (χ1) is 14.4. The average Bonchev–Trinajstić information content (AvgIpc) is 3.20. The third-order valence-corrected chi connectivity index (χ3v) is 5.30. The van der Waals surface area contributed by atoms with Gasteiger partial charge in [0.2, 0.25) is 0 Å². The third kappa shape index (κ3) is 3.99. The summed E-state index contributed by atoms with van der Waals surface area (Å²) in [6.45, 7) is 7.94. The number of aromatic nitrogens is 4. The molecule has 0 bridgehead atoms. The van der Waals surface area contributed by atoms with Gasteiger partial charge < -0.3 is 4.98 Å². The van der Waals surface area contributed by atoms with E-state index in [1.807, 2.05) is 27.7 Å². The molecular weight excluding hydrogens is 444 g/mol. The number of hydrogen-bond acceptors (Lipinski definition) is 2. The lowest BCUT2D eigenvalue weighted by Gasteiger charge is -2.16. The summed E-state index contributed by atoms with van der Waals surface area (Å²) >= 11 is 0. The molecule has 0 aliphatic heterocycles. The first-order valence-electron chi connectivity index (χ1n) is 9.78. The fourth-order valence-electron chi connectivity index (χ4n) is 3.97. The summed E-state index contributed by atoms with van der Waals surface area (Å²) in [5.41, 5.74) is 1.35. The highest BCUT2D eigenvalue weighted by molar-refractivity contribution is 5.88. The number of benzene rings is 2. The molecule has 2 heterocycles. The van der Waals surface area contributed by atoms with E-state index in [1.165, 1.54) is 24.3 Å². The molecule has 2 aromatic carbocycles. The monoisotopic (exact) mass is 466 g/mol. The van der Waals surface area contributed by atoms with E-state index in [-0.39, 0.29) is 45.8 Å². The topological polar surface area (TPSA) is 46.5 Å². The van der Waals surface area contributed by atoms with Crippen LogP contribution in [0.15, 0.2) is 36.4 Å². The Kier molecular flexibility index (Phi) is 5.89. The molecule has 32 heavy (non-hydrogen) atoms. The van der Waals surface area contributed by atoms with Crippen LogP contribution >= 0.6 is 12.4 Å². The second-order valence-corrected chi connectivity index (χ2v) is 8.68. The lowest BCUT2D eigenvalue weighted by Crippen LogP contribution is -2.13. The van der Waals surface area contributed by atoms with Crippen LogP contribution in [0.1, 0.15) is 37.6 Å². The van der Waals surface area contributed by atoms with Crippen molar-refractivity contribution >= 4 is 23.4 Å². The number of alkyl halides is 3. The standard InChI is InChI=1S/C23H22F4N4.ClH/c1-12-19(31(5)30-20(12)22(2,3)4)21-28-17-11-13(14-8-6-7-9-16(14)24)10-15(18(17)29-21)23(25,26)27;/h6-11H,1-5H3,(H,28,29);1H. The van der Waals surface area contributed by atoms with Gasteiger partial charge in [-0.2, -0.15) is 18.3 Å². The highest BCUT2D eigenvalue weighted by atomic mass is 35.5. The van der Waals surface area contributed by atoms with Gasteiger partial charge in [0.25, 0.3) is 0 Å². The Morgan fingerprint density at radius 1 is 1.03 bits per heavy atom. The first-order valence-corrected chi connectivity index (χ1v) is 9.78. The second-order valence-electron chi connectivity index (χ2n) is 8.68. The number of imidazole rings is 1. The molecule has 2 aromatic heterocycles. The van der Waals surface area contributed by atoms with Crippen molar-refractivity contribution in [3.63, 3.8) is 0 Å². The summed E-state index contributed by atoms with van der Waals surface area (Å²) in [6.07, 6.45) is -4.65. The molecule has 1 N–H and O–H groups in total. The number of fused-ring (bicyclic) bond motifs is 1. The molecule has 0 aliphatic carbocycles. The van der Waals surface area contributed by atoms with Gasteiger partial charge >= 0.3 is 6.18 Å². The van der Waals surface area contributed by atoms with E-state index >= 15 is 0 Å². The number of nitrogens with zero attached hydrogens (tertiary/aromatic N) is 3. The maximum absolute atomic E-state index is 14.3. The number of halogens is 5. The molecule has 170 valence electrons. The van der Waals surface area contributed by atoms with Gasteiger partial charge in [-0.05, 0) is 30.7 Å². The van der Waals surface area contributed by atoms with Crippen molar-refractivity contribution < 1.29 is 17.6 Å². The van der Waals surface area contributed by atoms with E-state index < -0.39 is 17.6 Å². The molecule has 0 radical (unpaired) electrons. The Balaban J connectivity index is 0.00000289. The Labute approximate surface area is 189 Å². The zero-order chi connectivity index (χ0) is 22.7. The van der Waals surface area contributed by atoms with Crippen molar-refractivity contribution in [1.82, 2.24) is 19.7 Å². The lowest BCUT2D eigenvalue weighted by molar-refractivity contribution is -0.136. The van der Waals surface area contributed by atoms with Gasteiger partial charge in [0, 0.05) is 23.6 Å². The molecule has 4 aromatic rings. The van der Waals surface area contributed by atoms with Crippen LogP contribution in [0.25, 0.3) is 33.7 Å². The molecule has 0 aliphatic rings. The highest BCUT2D eigenvalue weighted by Gasteiger charge is 2.35. The second kappa shape index (κ2) is 7.92. The number of rotatable bonds is 2. The molecule has 0 spiro atoms.